The van der Waals surface area contributed by atoms with Gasteiger partial charge in [-0.1, -0.05) is 117 Å². The lowest BCUT2D eigenvalue weighted by molar-refractivity contribution is 0.623. The third-order valence-corrected chi connectivity index (χ3v) is 10.4. The van der Waals surface area contributed by atoms with Gasteiger partial charge in [-0.05, 0) is 120 Å². The third kappa shape index (κ3) is 4.02. The summed E-state index contributed by atoms with van der Waals surface area (Å²) in [5.41, 5.74) is 12.9. The van der Waals surface area contributed by atoms with Crippen molar-refractivity contribution in [1.29, 1.82) is 0 Å². The van der Waals surface area contributed by atoms with Crippen molar-refractivity contribution in [3.8, 4) is 44.8 Å². The molecule has 0 saturated carbocycles. The predicted molar refractivity (Wildman–Crippen MR) is 200 cm³/mol. The number of benzene rings is 8. The van der Waals surface area contributed by atoms with E-state index in [0.717, 1.165) is 27.4 Å². The highest BCUT2D eigenvalue weighted by atomic mass is 16.3. The van der Waals surface area contributed by atoms with Crippen LogP contribution < -0.4 is 0 Å². The van der Waals surface area contributed by atoms with E-state index in [1.807, 2.05) is 30.3 Å². The molecular formula is C46H31NO. The Balaban J connectivity index is 1.08. The van der Waals surface area contributed by atoms with Crippen molar-refractivity contribution in [2.24, 2.45) is 0 Å². The lowest BCUT2D eigenvalue weighted by Crippen LogP contribution is -2.15. The molecule has 1 heterocycles. The topological polar surface area (TPSA) is 26.0 Å². The fourth-order valence-electron chi connectivity index (χ4n) is 7.88. The van der Waals surface area contributed by atoms with E-state index in [1.54, 1.807) is 0 Å². The van der Waals surface area contributed by atoms with E-state index >= 15 is 0 Å². The standard InChI is InChI=1S/C46H31NO/c1-46(2)40-27-36(19-21-37(40)39-25-33-11-6-7-12-34(33)26-41(39)46)32-14-8-13-31(23-32)35-18-16-28-15-17-29-20-22-42-44(43(29)38(28)24-35)48-45(47-42)30-9-4-3-5-10-30/h3-27H,1-2H3. The molecule has 0 atom stereocenters. The van der Waals surface area contributed by atoms with Gasteiger partial charge in [0.15, 0.2) is 5.58 Å². The van der Waals surface area contributed by atoms with E-state index in [4.69, 9.17) is 9.40 Å². The first-order valence-corrected chi connectivity index (χ1v) is 16.6. The number of rotatable bonds is 3. The van der Waals surface area contributed by atoms with Crippen LogP contribution in [0, 0.1) is 0 Å². The SMILES string of the molecule is CC1(C)c2cc(-c3cccc(-c4ccc5ccc6ccc7nc(-c8ccccc8)oc7c6c5c4)c3)ccc2-c2cc3ccccc3cc21. The number of fused-ring (bicyclic) bond motifs is 9. The summed E-state index contributed by atoms with van der Waals surface area (Å²) in [6.07, 6.45) is 0. The highest BCUT2D eigenvalue weighted by Gasteiger charge is 2.35. The molecule has 0 saturated heterocycles. The lowest BCUT2D eigenvalue weighted by atomic mass is 9.81. The number of aromatic nitrogens is 1. The van der Waals surface area contributed by atoms with Crippen LogP contribution >= 0.6 is 0 Å². The molecule has 48 heavy (non-hydrogen) atoms. The summed E-state index contributed by atoms with van der Waals surface area (Å²) >= 11 is 0. The summed E-state index contributed by atoms with van der Waals surface area (Å²) in [4.78, 5) is 4.86. The molecule has 0 amide bonds. The molecule has 0 fully saturated rings. The molecule has 9 aromatic rings. The molecule has 0 radical (unpaired) electrons. The molecule has 1 aromatic heterocycles. The van der Waals surface area contributed by atoms with Gasteiger partial charge >= 0.3 is 0 Å². The van der Waals surface area contributed by atoms with Crippen LogP contribution in [0.1, 0.15) is 25.0 Å². The van der Waals surface area contributed by atoms with Crippen LogP contribution in [0.2, 0.25) is 0 Å². The number of oxazole rings is 1. The first-order valence-electron chi connectivity index (χ1n) is 16.6. The Labute approximate surface area is 278 Å². The molecule has 0 bridgehead atoms. The molecule has 2 nitrogen and oxygen atoms in total. The van der Waals surface area contributed by atoms with Crippen molar-refractivity contribution in [1.82, 2.24) is 4.98 Å². The van der Waals surface area contributed by atoms with Crippen LogP contribution in [0.4, 0.5) is 0 Å². The van der Waals surface area contributed by atoms with E-state index in [0.29, 0.717) is 5.89 Å². The van der Waals surface area contributed by atoms with Gasteiger partial charge < -0.3 is 4.42 Å². The second-order valence-electron chi connectivity index (χ2n) is 13.6. The molecule has 1 aliphatic rings. The molecule has 0 unspecified atom stereocenters. The quantitative estimate of drug-likeness (QED) is 0.185. The van der Waals surface area contributed by atoms with Crippen LogP contribution in [0.25, 0.3) is 88.3 Å². The monoisotopic (exact) mass is 613 g/mol. The van der Waals surface area contributed by atoms with Crippen LogP contribution in [0.5, 0.6) is 0 Å². The smallest absolute Gasteiger partial charge is 0.227 e. The maximum atomic E-state index is 6.49. The maximum absolute atomic E-state index is 6.49. The molecule has 0 aliphatic heterocycles. The predicted octanol–water partition coefficient (Wildman–Crippen LogP) is 12.6. The van der Waals surface area contributed by atoms with Crippen LogP contribution in [-0.4, -0.2) is 4.98 Å². The minimum Gasteiger partial charge on any atom is -0.435 e. The molecule has 0 spiro atoms. The number of hydrogen-bond donors (Lipinski definition) is 0. The van der Waals surface area contributed by atoms with Crippen molar-refractivity contribution >= 4 is 43.4 Å². The fourth-order valence-corrected chi connectivity index (χ4v) is 7.88. The van der Waals surface area contributed by atoms with Crippen LogP contribution in [0.15, 0.2) is 156 Å². The number of hydrogen-bond acceptors (Lipinski definition) is 2. The molecule has 1 aliphatic carbocycles. The second kappa shape index (κ2) is 10.0. The van der Waals surface area contributed by atoms with Gasteiger partial charge in [0.1, 0.15) is 5.52 Å². The minimum absolute atomic E-state index is 0.0753. The first-order chi connectivity index (χ1) is 23.5. The Morgan fingerprint density at radius 3 is 1.92 bits per heavy atom. The Bertz CT molecular complexity index is 2750. The van der Waals surface area contributed by atoms with Crippen molar-refractivity contribution in [2.75, 3.05) is 0 Å². The van der Waals surface area contributed by atoms with Gasteiger partial charge in [-0.3, -0.25) is 0 Å². The van der Waals surface area contributed by atoms with E-state index in [-0.39, 0.29) is 5.41 Å². The highest BCUT2D eigenvalue weighted by Crippen LogP contribution is 2.51. The van der Waals surface area contributed by atoms with Gasteiger partial charge in [0.2, 0.25) is 5.89 Å². The van der Waals surface area contributed by atoms with E-state index in [1.165, 1.54) is 66.1 Å². The molecule has 2 heteroatoms. The Kier molecular flexibility index (Phi) is 5.66. The highest BCUT2D eigenvalue weighted by molar-refractivity contribution is 6.18. The molecular weight excluding hydrogens is 583 g/mol. The van der Waals surface area contributed by atoms with Crippen molar-refractivity contribution in [2.45, 2.75) is 19.3 Å². The van der Waals surface area contributed by atoms with Gasteiger partial charge in [-0.2, -0.15) is 0 Å². The second-order valence-corrected chi connectivity index (χ2v) is 13.6. The molecule has 226 valence electrons. The Morgan fingerprint density at radius 1 is 0.458 bits per heavy atom. The van der Waals surface area contributed by atoms with Gasteiger partial charge in [0.05, 0.1) is 0 Å². The summed E-state index contributed by atoms with van der Waals surface area (Å²) in [5.74, 6) is 0.646. The summed E-state index contributed by atoms with van der Waals surface area (Å²) in [6, 6.07) is 54.9. The summed E-state index contributed by atoms with van der Waals surface area (Å²) in [7, 11) is 0. The Morgan fingerprint density at radius 2 is 1.08 bits per heavy atom. The van der Waals surface area contributed by atoms with Gasteiger partial charge in [-0.25, -0.2) is 4.98 Å². The van der Waals surface area contributed by atoms with Crippen LogP contribution in [-0.2, 0) is 5.41 Å². The zero-order valence-corrected chi connectivity index (χ0v) is 26.8. The van der Waals surface area contributed by atoms with Crippen molar-refractivity contribution < 1.29 is 4.42 Å². The van der Waals surface area contributed by atoms with Gasteiger partial charge in [0, 0.05) is 16.4 Å². The fraction of sp³-hybridized carbons (Fsp3) is 0.0652. The molecule has 10 rings (SSSR count). The lowest BCUT2D eigenvalue weighted by Gasteiger charge is -2.22. The zero-order chi connectivity index (χ0) is 32.0. The van der Waals surface area contributed by atoms with Gasteiger partial charge in [0.25, 0.3) is 0 Å². The zero-order valence-electron chi connectivity index (χ0n) is 26.8. The minimum atomic E-state index is -0.0753. The average Bonchev–Trinajstić information content (AvgIpc) is 3.67. The maximum Gasteiger partial charge on any atom is 0.227 e. The van der Waals surface area contributed by atoms with E-state index in [9.17, 15) is 0 Å². The molecule has 0 N–H and O–H groups in total. The Hall–Kier alpha value is -5.99. The third-order valence-electron chi connectivity index (χ3n) is 10.4. The normalized spacial score (nSPS) is 13.4. The average molecular weight is 614 g/mol. The van der Waals surface area contributed by atoms with E-state index < -0.39 is 0 Å². The van der Waals surface area contributed by atoms with Crippen molar-refractivity contribution in [3.63, 3.8) is 0 Å². The summed E-state index contributed by atoms with van der Waals surface area (Å²) in [5, 5.41) is 7.19. The van der Waals surface area contributed by atoms with Crippen molar-refractivity contribution in [3.05, 3.63) is 163 Å². The summed E-state index contributed by atoms with van der Waals surface area (Å²) < 4.78 is 6.49. The van der Waals surface area contributed by atoms with Gasteiger partial charge in [-0.15, -0.1) is 0 Å². The molecule has 8 aromatic carbocycles. The number of nitrogens with zero attached hydrogens (tertiary/aromatic N) is 1. The largest absolute Gasteiger partial charge is 0.435 e. The first kappa shape index (κ1) is 27.2. The van der Waals surface area contributed by atoms with E-state index in [2.05, 4.69) is 135 Å². The van der Waals surface area contributed by atoms with Crippen LogP contribution in [0.3, 0.4) is 0 Å². The summed E-state index contributed by atoms with van der Waals surface area (Å²) in [6.45, 7) is 4.72.